The molecule has 2 heterocycles. The summed E-state index contributed by atoms with van der Waals surface area (Å²) >= 11 is 0. The maximum absolute atomic E-state index is 13.0. The van der Waals surface area contributed by atoms with Crippen LogP contribution in [0.15, 0.2) is 56.8 Å². The fraction of sp³-hybridized carbons (Fsp3) is 0.370. The zero-order valence-electron chi connectivity index (χ0n) is 22.4. The number of piperidine rings is 1. The number of H-pyrrole nitrogens is 2. The number of rotatable bonds is 10. The van der Waals surface area contributed by atoms with Crippen LogP contribution in [0, 0.1) is 11.7 Å². The molecule has 12 nitrogen and oxygen atoms in total. The molecule has 1 saturated heterocycles. The standard InChI is InChI=1S/C26H28FN5O4.CH4O3S/c27-17-1-4-19(5-2-17)36-14-9-16-7-11-32(12-8-16)13-10-28-22-23(25(34)24(22)33)29-18-3-6-20-21(15-18)31-26(35)30-20;1-5(2,3)4/h1-6,15-16,28-29H,7-14H2,(H2,30,31,35);1H3,(H,2,3,4). The first-order valence-corrected chi connectivity index (χ1v) is 14.9. The molecule has 0 atom stereocenters. The molecule has 41 heavy (non-hydrogen) atoms. The van der Waals surface area contributed by atoms with Crippen LogP contribution in [0.25, 0.3) is 11.0 Å². The van der Waals surface area contributed by atoms with Crippen LogP contribution in [0.4, 0.5) is 21.5 Å². The van der Waals surface area contributed by atoms with Gasteiger partial charge in [0.25, 0.3) is 21.0 Å². The Morgan fingerprint density at radius 2 is 1.63 bits per heavy atom. The normalized spacial score (nSPS) is 14.5. The van der Waals surface area contributed by atoms with Crippen LogP contribution < -0.4 is 31.9 Å². The van der Waals surface area contributed by atoms with Crippen molar-refractivity contribution in [1.29, 1.82) is 0 Å². The molecule has 1 fully saturated rings. The highest BCUT2D eigenvalue weighted by atomic mass is 32.2. The second-order valence-electron chi connectivity index (χ2n) is 9.91. The fourth-order valence-electron chi connectivity index (χ4n) is 4.65. The van der Waals surface area contributed by atoms with E-state index in [9.17, 15) is 27.2 Å². The van der Waals surface area contributed by atoms with Gasteiger partial charge in [0.1, 0.15) is 22.9 Å². The average Bonchev–Trinajstić information content (AvgIpc) is 3.30. The van der Waals surface area contributed by atoms with Gasteiger partial charge in [0.2, 0.25) is 0 Å². The number of nitrogens with zero attached hydrogens (tertiary/aromatic N) is 1. The first-order chi connectivity index (χ1) is 19.5. The zero-order chi connectivity index (χ0) is 29.6. The van der Waals surface area contributed by atoms with Crippen LogP contribution in [0.3, 0.4) is 0 Å². The van der Waals surface area contributed by atoms with Gasteiger partial charge in [0, 0.05) is 18.8 Å². The van der Waals surface area contributed by atoms with Gasteiger partial charge in [0.15, 0.2) is 0 Å². The van der Waals surface area contributed by atoms with Crippen LogP contribution in [0.5, 0.6) is 5.75 Å². The van der Waals surface area contributed by atoms with Gasteiger partial charge in [-0.1, -0.05) is 0 Å². The number of ether oxygens (including phenoxy) is 1. The minimum Gasteiger partial charge on any atom is -0.494 e. The van der Waals surface area contributed by atoms with Crippen LogP contribution >= 0.6 is 0 Å². The molecule has 1 aromatic heterocycles. The molecule has 5 rings (SSSR count). The Labute approximate surface area is 235 Å². The van der Waals surface area contributed by atoms with Crippen molar-refractivity contribution in [2.75, 3.05) is 49.7 Å². The Kier molecular flexibility index (Phi) is 9.57. The van der Waals surface area contributed by atoms with E-state index in [2.05, 4.69) is 25.5 Å². The second kappa shape index (κ2) is 13.1. The molecule has 0 amide bonds. The van der Waals surface area contributed by atoms with Crippen LogP contribution in [-0.2, 0) is 10.1 Å². The molecule has 14 heteroatoms. The number of nitrogens with one attached hydrogen (secondary N) is 4. The van der Waals surface area contributed by atoms with E-state index in [1.165, 1.54) is 12.1 Å². The molecule has 1 aliphatic heterocycles. The van der Waals surface area contributed by atoms with Crippen LogP contribution in [0.2, 0.25) is 0 Å². The van der Waals surface area contributed by atoms with Crippen molar-refractivity contribution >= 4 is 38.2 Å². The highest BCUT2D eigenvalue weighted by molar-refractivity contribution is 7.85. The molecule has 1 aliphatic rings. The number of fused-ring (bicyclic) bond motifs is 1. The highest BCUT2D eigenvalue weighted by Crippen LogP contribution is 2.24. The number of aromatic nitrogens is 2. The molecule has 5 N–H and O–H groups in total. The topological polar surface area (TPSA) is 174 Å². The number of benzene rings is 2. The van der Waals surface area contributed by atoms with E-state index >= 15 is 0 Å². The van der Waals surface area contributed by atoms with Crippen molar-refractivity contribution in [2.24, 2.45) is 5.92 Å². The third kappa shape index (κ3) is 8.74. The van der Waals surface area contributed by atoms with Gasteiger partial charge >= 0.3 is 5.69 Å². The fourth-order valence-corrected chi connectivity index (χ4v) is 4.65. The zero-order valence-corrected chi connectivity index (χ0v) is 23.2. The maximum Gasteiger partial charge on any atom is 0.323 e. The van der Waals surface area contributed by atoms with E-state index in [0.717, 1.165) is 38.9 Å². The summed E-state index contributed by atoms with van der Waals surface area (Å²) < 4.78 is 44.6. The van der Waals surface area contributed by atoms with E-state index in [1.807, 2.05) is 0 Å². The van der Waals surface area contributed by atoms with Gasteiger partial charge in [-0.25, -0.2) is 9.18 Å². The first kappa shape index (κ1) is 30.0. The van der Waals surface area contributed by atoms with Gasteiger partial charge in [-0.2, -0.15) is 8.42 Å². The molecule has 4 aromatic rings. The van der Waals surface area contributed by atoms with Crippen molar-refractivity contribution in [3.63, 3.8) is 0 Å². The lowest BCUT2D eigenvalue weighted by Gasteiger charge is -2.32. The molecule has 0 saturated carbocycles. The number of imidazole rings is 1. The summed E-state index contributed by atoms with van der Waals surface area (Å²) in [6, 6.07) is 11.3. The number of aromatic amines is 2. The second-order valence-corrected chi connectivity index (χ2v) is 11.4. The lowest BCUT2D eigenvalue weighted by molar-refractivity contribution is 0.167. The Morgan fingerprint density at radius 1 is 1.00 bits per heavy atom. The smallest absolute Gasteiger partial charge is 0.323 e. The van der Waals surface area contributed by atoms with Gasteiger partial charge in [0.05, 0.1) is 23.9 Å². The maximum atomic E-state index is 13.0. The molecule has 3 aromatic carbocycles. The minimum absolute atomic E-state index is 0.247. The van der Waals surface area contributed by atoms with Crippen molar-refractivity contribution in [2.45, 2.75) is 19.3 Å². The minimum atomic E-state index is -3.67. The van der Waals surface area contributed by atoms with E-state index in [1.54, 1.807) is 30.3 Å². The molecule has 0 bridgehead atoms. The summed E-state index contributed by atoms with van der Waals surface area (Å²) in [6.07, 6.45) is 3.82. The number of likely N-dealkylation sites (tertiary alicyclic amines) is 1. The van der Waals surface area contributed by atoms with Crippen LogP contribution in [-0.4, -0.2) is 66.9 Å². The van der Waals surface area contributed by atoms with Crippen molar-refractivity contribution in [3.8, 4) is 5.75 Å². The molecule has 0 radical (unpaired) electrons. The summed E-state index contributed by atoms with van der Waals surface area (Å²) in [5.41, 5.74) is 1.06. The Hall–Kier alpha value is -4.01. The van der Waals surface area contributed by atoms with Gasteiger partial charge in [-0.15, -0.1) is 0 Å². The molecule has 0 unspecified atom stereocenters. The number of hydrogen-bond acceptors (Lipinski definition) is 9. The van der Waals surface area contributed by atoms with Crippen molar-refractivity contribution in [1.82, 2.24) is 14.9 Å². The highest BCUT2D eigenvalue weighted by Gasteiger charge is 2.22. The third-order valence-corrected chi connectivity index (χ3v) is 6.74. The number of anilines is 3. The van der Waals surface area contributed by atoms with E-state index in [-0.39, 0.29) is 17.2 Å². The molecular formula is C27H32FN5O7S. The van der Waals surface area contributed by atoms with Gasteiger partial charge in [-0.05, 0) is 80.7 Å². The number of halogens is 1. The average molecular weight is 590 g/mol. The summed E-state index contributed by atoms with van der Waals surface area (Å²) in [4.78, 5) is 43.4. The summed E-state index contributed by atoms with van der Waals surface area (Å²) in [6.45, 7) is 3.88. The Bertz CT molecular complexity index is 1690. The molecular weight excluding hydrogens is 557 g/mol. The lowest BCUT2D eigenvalue weighted by Crippen LogP contribution is -2.40. The molecule has 0 aliphatic carbocycles. The summed E-state index contributed by atoms with van der Waals surface area (Å²) in [7, 11) is -3.67. The van der Waals surface area contributed by atoms with Crippen molar-refractivity contribution < 1.29 is 22.1 Å². The summed E-state index contributed by atoms with van der Waals surface area (Å²) in [5, 5.41) is 6.13. The van der Waals surface area contributed by atoms with E-state index in [0.29, 0.717) is 53.5 Å². The molecule has 220 valence electrons. The van der Waals surface area contributed by atoms with Crippen LogP contribution in [0.1, 0.15) is 19.3 Å². The Morgan fingerprint density at radius 3 is 2.32 bits per heavy atom. The third-order valence-electron chi connectivity index (χ3n) is 6.74. The quantitative estimate of drug-likeness (QED) is 0.137. The SMILES string of the molecule is CS(=O)(=O)O.O=c1[nH]c2ccc(Nc3c(NCCN4CCC(CCOc5ccc(F)cc5)CC4)c(=O)c3=O)cc2[nH]1. The predicted octanol–water partition coefficient (Wildman–Crippen LogP) is 2.43. The van der Waals surface area contributed by atoms with Crippen molar-refractivity contribution in [3.05, 3.63) is 79.2 Å². The molecule has 0 spiro atoms. The predicted molar refractivity (Wildman–Crippen MR) is 155 cm³/mol. The lowest BCUT2D eigenvalue weighted by atomic mass is 9.94. The number of hydrogen-bond donors (Lipinski definition) is 5. The van der Waals surface area contributed by atoms with E-state index < -0.39 is 21.0 Å². The summed E-state index contributed by atoms with van der Waals surface area (Å²) in [5.74, 6) is 1.01. The largest absolute Gasteiger partial charge is 0.494 e. The monoisotopic (exact) mass is 589 g/mol. The van der Waals surface area contributed by atoms with Gasteiger partial charge < -0.3 is 30.2 Å². The van der Waals surface area contributed by atoms with Gasteiger partial charge in [-0.3, -0.25) is 14.1 Å². The Balaban J connectivity index is 0.000000714. The first-order valence-electron chi connectivity index (χ1n) is 13.1. The van der Waals surface area contributed by atoms with E-state index in [4.69, 9.17) is 9.29 Å².